The molecule has 0 heterocycles. The van der Waals surface area contributed by atoms with Crippen molar-refractivity contribution in [2.24, 2.45) is 5.73 Å². The van der Waals surface area contributed by atoms with Crippen LogP contribution in [0.15, 0.2) is 18.2 Å². The van der Waals surface area contributed by atoms with Crippen molar-refractivity contribution in [2.45, 2.75) is 6.92 Å². The zero-order valence-electron chi connectivity index (χ0n) is 8.69. The highest BCUT2D eigenvalue weighted by Gasteiger charge is 2.05. The summed E-state index contributed by atoms with van der Waals surface area (Å²) in [4.78, 5) is 0. The molecule has 0 bridgehead atoms. The van der Waals surface area contributed by atoms with Crippen molar-refractivity contribution in [3.05, 3.63) is 23.8 Å². The molecule has 0 radical (unpaired) electrons. The fraction of sp³-hybridized carbons (Fsp3) is 0.364. The van der Waals surface area contributed by atoms with Crippen molar-refractivity contribution >= 4 is 0 Å². The fourth-order valence-electron chi connectivity index (χ4n) is 1.13. The van der Waals surface area contributed by atoms with Gasteiger partial charge in [0.15, 0.2) is 11.5 Å². The molecule has 0 saturated carbocycles. The maximum absolute atomic E-state index is 8.73. The van der Waals surface area contributed by atoms with Crippen LogP contribution in [-0.4, -0.2) is 19.8 Å². The van der Waals surface area contributed by atoms with Crippen LogP contribution in [0.5, 0.6) is 11.5 Å². The lowest BCUT2D eigenvalue weighted by Crippen LogP contribution is -2.11. The first-order chi connectivity index (χ1) is 7.31. The second kappa shape index (κ2) is 5.89. The number of ether oxygens (including phenoxy) is 2. The van der Waals surface area contributed by atoms with E-state index >= 15 is 0 Å². The fourth-order valence-corrected chi connectivity index (χ4v) is 1.13. The van der Waals surface area contributed by atoms with E-state index in [1.54, 1.807) is 18.2 Å². The van der Waals surface area contributed by atoms with Crippen molar-refractivity contribution in [1.29, 1.82) is 5.26 Å². The van der Waals surface area contributed by atoms with Crippen molar-refractivity contribution < 1.29 is 9.47 Å². The monoisotopic (exact) mass is 206 g/mol. The van der Waals surface area contributed by atoms with E-state index in [0.29, 0.717) is 36.8 Å². The van der Waals surface area contributed by atoms with E-state index in [0.717, 1.165) is 0 Å². The summed E-state index contributed by atoms with van der Waals surface area (Å²) in [6, 6.07) is 7.12. The molecule has 1 aromatic rings. The van der Waals surface area contributed by atoms with Crippen LogP contribution in [-0.2, 0) is 0 Å². The molecule has 0 spiro atoms. The molecule has 1 aromatic carbocycles. The smallest absolute Gasteiger partial charge is 0.162 e. The zero-order valence-corrected chi connectivity index (χ0v) is 8.69. The summed E-state index contributed by atoms with van der Waals surface area (Å²) < 4.78 is 10.7. The van der Waals surface area contributed by atoms with Crippen LogP contribution in [0.2, 0.25) is 0 Å². The molecule has 0 amide bonds. The molecular formula is C11H14N2O2. The Morgan fingerprint density at radius 2 is 2.13 bits per heavy atom. The van der Waals surface area contributed by atoms with Crippen LogP contribution < -0.4 is 15.2 Å². The minimum absolute atomic E-state index is 0.436. The van der Waals surface area contributed by atoms with E-state index in [2.05, 4.69) is 0 Å². The lowest BCUT2D eigenvalue weighted by molar-refractivity contribution is 0.282. The van der Waals surface area contributed by atoms with Gasteiger partial charge >= 0.3 is 0 Å². The second-order valence-corrected chi connectivity index (χ2v) is 2.84. The minimum Gasteiger partial charge on any atom is -0.490 e. The molecule has 1 rings (SSSR count). The Morgan fingerprint density at radius 3 is 2.73 bits per heavy atom. The van der Waals surface area contributed by atoms with Gasteiger partial charge in [0, 0.05) is 12.6 Å². The Morgan fingerprint density at radius 1 is 1.33 bits per heavy atom. The zero-order chi connectivity index (χ0) is 11.1. The van der Waals surface area contributed by atoms with Crippen LogP contribution in [0.25, 0.3) is 0 Å². The summed E-state index contributed by atoms with van der Waals surface area (Å²) in [7, 11) is 0. The predicted octanol–water partition coefficient (Wildman–Crippen LogP) is 1.29. The molecule has 2 N–H and O–H groups in total. The number of nitrogens with two attached hydrogens (primary N) is 1. The van der Waals surface area contributed by atoms with E-state index in [4.69, 9.17) is 20.5 Å². The maximum Gasteiger partial charge on any atom is 0.162 e. The Labute approximate surface area is 89.2 Å². The molecular weight excluding hydrogens is 192 g/mol. The average Bonchev–Trinajstić information content (AvgIpc) is 2.27. The number of hydrogen-bond donors (Lipinski definition) is 1. The third-order valence-corrected chi connectivity index (χ3v) is 1.75. The molecule has 0 aliphatic heterocycles. The quantitative estimate of drug-likeness (QED) is 0.788. The van der Waals surface area contributed by atoms with E-state index in [-0.39, 0.29) is 0 Å². The summed E-state index contributed by atoms with van der Waals surface area (Å²) in [5.74, 6) is 1.21. The van der Waals surface area contributed by atoms with Crippen molar-refractivity contribution in [3.8, 4) is 17.6 Å². The SMILES string of the molecule is CCOc1cc(C#N)ccc1OCCN. The Bertz CT molecular complexity index is 358. The van der Waals surface area contributed by atoms with Gasteiger partial charge in [-0.05, 0) is 19.1 Å². The number of rotatable bonds is 5. The summed E-state index contributed by atoms with van der Waals surface area (Å²) in [5.41, 5.74) is 5.89. The molecule has 0 saturated heterocycles. The third-order valence-electron chi connectivity index (χ3n) is 1.75. The van der Waals surface area contributed by atoms with Crippen LogP contribution in [0.4, 0.5) is 0 Å². The normalized spacial score (nSPS) is 9.40. The largest absolute Gasteiger partial charge is 0.490 e. The summed E-state index contributed by atoms with van der Waals surface area (Å²) >= 11 is 0. The molecule has 0 aromatic heterocycles. The first-order valence-electron chi connectivity index (χ1n) is 4.81. The molecule has 0 aliphatic rings. The number of hydrogen-bond acceptors (Lipinski definition) is 4. The predicted molar refractivity (Wildman–Crippen MR) is 56.9 cm³/mol. The first-order valence-corrected chi connectivity index (χ1v) is 4.81. The lowest BCUT2D eigenvalue weighted by Gasteiger charge is -2.11. The topological polar surface area (TPSA) is 68.3 Å². The van der Waals surface area contributed by atoms with E-state index in [9.17, 15) is 0 Å². The van der Waals surface area contributed by atoms with Gasteiger partial charge in [-0.1, -0.05) is 0 Å². The molecule has 4 nitrogen and oxygen atoms in total. The van der Waals surface area contributed by atoms with Crippen LogP contribution in [0, 0.1) is 11.3 Å². The van der Waals surface area contributed by atoms with E-state index in [1.807, 2.05) is 13.0 Å². The number of nitrogens with zero attached hydrogens (tertiary/aromatic N) is 1. The second-order valence-electron chi connectivity index (χ2n) is 2.84. The number of nitriles is 1. The van der Waals surface area contributed by atoms with Gasteiger partial charge in [-0.25, -0.2) is 0 Å². The lowest BCUT2D eigenvalue weighted by atomic mass is 10.2. The number of benzene rings is 1. The molecule has 0 atom stereocenters. The maximum atomic E-state index is 8.73. The molecule has 0 unspecified atom stereocenters. The Kier molecular flexibility index (Phi) is 4.45. The highest BCUT2D eigenvalue weighted by atomic mass is 16.5. The van der Waals surface area contributed by atoms with Crippen LogP contribution in [0.1, 0.15) is 12.5 Å². The van der Waals surface area contributed by atoms with Crippen molar-refractivity contribution in [3.63, 3.8) is 0 Å². The molecule has 0 fully saturated rings. The molecule has 4 heteroatoms. The Balaban J connectivity index is 2.88. The van der Waals surface area contributed by atoms with Gasteiger partial charge in [0.2, 0.25) is 0 Å². The van der Waals surface area contributed by atoms with Gasteiger partial charge < -0.3 is 15.2 Å². The Hall–Kier alpha value is -1.73. The van der Waals surface area contributed by atoms with Gasteiger partial charge in [0.05, 0.1) is 18.2 Å². The van der Waals surface area contributed by atoms with Gasteiger partial charge in [-0.15, -0.1) is 0 Å². The van der Waals surface area contributed by atoms with Crippen molar-refractivity contribution in [2.75, 3.05) is 19.8 Å². The minimum atomic E-state index is 0.436. The molecule has 15 heavy (non-hydrogen) atoms. The van der Waals surface area contributed by atoms with Crippen LogP contribution in [0.3, 0.4) is 0 Å². The standard InChI is InChI=1S/C11H14N2O2/c1-2-14-11-7-9(8-13)3-4-10(11)15-6-5-12/h3-4,7H,2,5-6,12H2,1H3. The molecule has 80 valence electrons. The summed E-state index contributed by atoms with van der Waals surface area (Å²) in [5, 5.41) is 8.73. The summed E-state index contributed by atoms with van der Waals surface area (Å²) in [6.07, 6.45) is 0. The highest BCUT2D eigenvalue weighted by Crippen LogP contribution is 2.28. The van der Waals surface area contributed by atoms with Gasteiger partial charge in [0.1, 0.15) is 6.61 Å². The third kappa shape index (κ3) is 3.15. The average molecular weight is 206 g/mol. The van der Waals surface area contributed by atoms with E-state index in [1.165, 1.54) is 0 Å². The van der Waals surface area contributed by atoms with Gasteiger partial charge in [0.25, 0.3) is 0 Å². The summed E-state index contributed by atoms with van der Waals surface area (Å²) in [6.45, 7) is 3.30. The van der Waals surface area contributed by atoms with Crippen molar-refractivity contribution in [1.82, 2.24) is 0 Å². The van der Waals surface area contributed by atoms with Crippen LogP contribution >= 0.6 is 0 Å². The molecule has 0 aliphatic carbocycles. The van der Waals surface area contributed by atoms with Gasteiger partial charge in [-0.3, -0.25) is 0 Å². The van der Waals surface area contributed by atoms with Gasteiger partial charge in [-0.2, -0.15) is 5.26 Å². The van der Waals surface area contributed by atoms with E-state index < -0.39 is 0 Å². The highest BCUT2D eigenvalue weighted by molar-refractivity contribution is 5.46. The first kappa shape index (κ1) is 11.3.